The van der Waals surface area contributed by atoms with Crippen molar-refractivity contribution in [2.75, 3.05) is 13.1 Å². The number of allylic oxidation sites excluding steroid dienone is 1. The molecule has 3 saturated carbocycles. The second kappa shape index (κ2) is 18.4. The van der Waals surface area contributed by atoms with Crippen molar-refractivity contribution in [3.63, 3.8) is 0 Å². The van der Waals surface area contributed by atoms with Crippen LogP contribution in [-0.2, 0) is 24.6 Å². The molecular weight excluding hydrogens is 783 g/mol. The average molecular weight is 847 g/mol. The van der Waals surface area contributed by atoms with E-state index in [4.69, 9.17) is 0 Å². The third-order valence-electron chi connectivity index (χ3n) is 13.3. The smallest absolute Gasteiger partial charge is 1.00 e. The van der Waals surface area contributed by atoms with Crippen LogP contribution < -0.4 is 35.4 Å². The summed E-state index contributed by atoms with van der Waals surface area (Å²) in [6.07, 6.45) is 17.8. The first-order valence-corrected chi connectivity index (χ1v) is 21.9. The molecule has 0 spiro atoms. The molecule has 2 atom stereocenters. The minimum Gasteiger partial charge on any atom is -1.00 e. The number of aryl methyl sites for hydroxylation is 6. The molecule has 0 amide bonds. The molecule has 3 aromatic carbocycles. The van der Waals surface area contributed by atoms with Crippen LogP contribution in [0.4, 0.5) is 0 Å². The van der Waals surface area contributed by atoms with Crippen molar-refractivity contribution in [2.45, 2.75) is 147 Å². The summed E-state index contributed by atoms with van der Waals surface area (Å²) in [5, 5.41) is 7.83. The summed E-state index contributed by atoms with van der Waals surface area (Å²) >= 11 is 0. The van der Waals surface area contributed by atoms with E-state index in [2.05, 4.69) is 113 Å². The first-order valence-electron chi connectivity index (χ1n) is 19.9. The molecule has 3 aromatic rings. The summed E-state index contributed by atoms with van der Waals surface area (Å²) in [7, 11) is 0. The maximum absolute atomic E-state index is 3.85. The summed E-state index contributed by atoms with van der Waals surface area (Å²) in [4.78, 5) is 0. The van der Waals surface area contributed by atoms with Gasteiger partial charge in [0.25, 0.3) is 0 Å². The molecule has 2 nitrogen and oxygen atoms in total. The topological polar surface area (TPSA) is 24.1 Å². The van der Waals surface area contributed by atoms with Gasteiger partial charge in [0.1, 0.15) is 0 Å². The third kappa shape index (κ3) is 8.06. The normalized spacial score (nSPS) is 22.7. The van der Waals surface area contributed by atoms with Gasteiger partial charge in [-0.15, -0.1) is 0 Å². The van der Waals surface area contributed by atoms with E-state index < -0.39 is 6.89 Å². The predicted molar refractivity (Wildman–Crippen MR) is 215 cm³/mol. The van der Waals surface area contributed by atoms with Crippen LogP contribution in [0, 0.1) is 41.5 Å². The number of nitrogens with one attached hydrogen (secondary N) is 2. The average Bonchev–Trinajstić information content (AvgIpc) is 3.63. The zero-order valence-electron chi connectivity index (χ0n) is 32.7. The molecule has 0 bridgehead atoms. The largest absolute Gasteiger partial charge is 2.00 e. The zero-order chi connectivity index (χ0) is 34.2. The van der Waals surface area contributed by atoms with Crippen molar-refractivity contribution in [3.8, 4) is 0 Å². The van der Waals surface area contributed by atoms with Crippen molar-refractivity contribution in [2.24, 2.45) is 0 Å². The Hall–Kier alpha value is -1.50. The molecule has 6 heteroatoms. The Labute approximate surface area is 342 Å². The van der Waals surface area contributed by atoms with E-state index in [0.717, 1.165) is 24.4 Å². The molecule has 4 aliphatic rings. The molecule has 3 aliphatic carbocycles. The molecule has 2 N–H and O–H groups in total. The van der Waals surface area contributed by atoms with Crippen LogP contribution in [0.25, 0.3) is 0 Å². The maximum Gasteiger partial charge on any atom is 2.00 e. The minimum absolute atomic E-state index is 0. The van der Waals surface area contributed by atoms with Crippen LogP contribution in [0.3, 0.4) is 0 Å². The molecule has 4 fully saturated rings. The van der Waals surface area contributed by atoms with Gasteiger partial charge in [-0.2, -0.15) is 0 Å². The standard InChI is InChI=1S/C46H63N2P.2ClH.Ru/c1-32-26-34(3)43(35(4)27-32)42-30-46(23-22-41(42)45-47-24-25-48-45,44-36(5)28-33(2)29-37(44)6)49(39-18-12-8-13-19-39,40-20-14-9-15-21-40)31-38-16-10-7-11-17-38;;;/h7,10-11,16-17,26-29,31,39-40,42,47-48H,8-9,12-15,18-25,30H2,1-6H3;2*1H;/q;;;+2/p-2. The maximum atomic E-state index is 3.85. The predicted octanol–water partition coefficient (Wildman–Crippen LogP) is 5.64. The van der Waals surface area contributed by atoms with Crippen LogP contribution in [0.15, 0.2) is 66.0 Å². The number of hydrogen-bond donors (Lipinski definition) is 2. The minimum atomic E-state index is -1.81. The first kappa shape index (κ1) is 43.2. The van der Waals surface area contributed by atoms with E-state index in [1.54, 1.807) is 27.8 Å². The van der Waals surface area contributed by atoms with Crippen LogP contribution >= 0.6 is 6.89 Å². The van der Waals surface area contributed by atoms with Crippen molar-refractivity contribution >= 4 is 12.7 Å². The summed E-state index contributed by atoms with van der Waals surface area (Å²) in [5.41, 5.74) is 17.0. The van der Waals surface area contributed by atoms with Gasteiger partial charge in [0.15, 0.2) is 0 Å². The summed E-state index contributed by atoms with van der Waals surface area (Å²) in [6, 6.07) is 21.8. The fourth-order valence-corrected chi connectivity index (χ4v) is 19.4. The number of hydrogen-bond acceptors (Lipinski definition) is 2. The second-order valence-electron chi connectivity index (χ2n) is 16.6. The molecule has 1 saturated heterocycles. The number of benzene rings is 3. The first-order chi connectivity index (χ1) is 23.7. The van der Waals surface area contributed by atoms with Gasteiger partial charge in [-0.1, -0.05) is 117 Å². The van der Waals surface area contributed by atoms with Crippen LogP contribution in [0.5, 0.6) is 0 Å². The SMILES string of the molecule is Cc1cc(C)c(C2CC(c3c(C)cc(C)cc3C)(P(=Cc3ccccc3)(C3CCCCC3)C3CCCCC3)CCC2=C2NCCN2)c(C)c1.[Cl-].[Cl-].[Ru+2]. The fraction of sp³-hybridized carbons (Fsp3) is 0.543. The molecular formula is C46H63Cl2N2PRu. The number of halogens is 2. The van der Waals surface area contributed by atoms with Crippen molar-refractivity contribution < 1.29 is 44.3 Å². The van der Waals surface area contributed by atoms with Gasteiger partial charge in [0, 0.05) is 24.2 Å². The van der Waals surface area contributed by atoms with Gasteiger partial charge in [-0.05, 0) is 142 Å². The fourth-order valence-electron chi connectivity index (χ4n) is 11.9. The molecule has 1 heterocycles. The molecule has 284 valence electrons. The van der Waals surface area contributed by atoms with Crippen molar-refractivity contribution in [1.29, 1.82) is 0 Å². The Kier molecular flexibility index (Phi) is 15.3. The van der Waals surface area contributed by atoms with Crippen LogP contribution in [0.2, 0.25) is 0 Å². The van der Waals surface area contributed by atoms with Gasteiger partial charge < -0.3 is 35.4 Å². The number of rotatable bonds is 6. The van der Waals surface area contributed by atoms with Crippen LogP contribution in [-0.4, -0.2) is 30.2 Å². The van der Waals surface area contributed by atoms with Gasteiger partial charge in [0.05, 0.1) is 5.82 Å². The quantitative estimate of drug-likeness (QED) is 0.248. The van der Waals surface area contributed by atoms with Gasteiger partial charge in [-0.25, -0.2) is 0 Å². The van der Waals surface area contributed by atoms with E-state index in [9.17, 15) is 0 Å². The second-order valence-corrected chi connectivity index (χ2v) is 20.8. The van der Waals surface area contributed by atoms with E-state index in [1.165, 1.54) is 117 Å². The zero-order valence-corrected chi connectivity index (χ0v) is 36.8. The molecule has 52 heavy (non-hydrogen) atoms. The monoisotopic (exact) mass is 846 g/mol. The van der Waals surface area contributed by atoms with E-state index in [1.807, 2.05) is 0 Å². The Balaban J connectivity index is 0.00000202. The molecule has 0 radical (unpaired) electrons. The van der Waals surface area contributed by atoms with E-state index in [0.29, 0.717) is 5.92 Å². The van der Waals surface area contributed by atoms with E-state index in [-0.39, 0.29) is 49.4 Å². The van der Waals surface area contributed by atoms with E-state index >= 15 is 0 Å². The van der Waals surface area contributed by atoms with Crippen molar-refractivity contribution in [1.82, 2.24) is 10.6 Å². The summed E-state index contributed by atoms with van der Waals surface area (Å²) < 4.78 is 0. The van der Waals surface area contributed by atoms with Gasteiger partial charge in [-0.3, -0.25) is 0 Å². The Bertz CT molecular complexity index is 1680. The molecule has 7 rings (SSSR count). The summed E-state index contributed by atoms with van der Waals surface area (Å²) in [5.74, 6) is 4.80. The van der Waals surface area contributed by atoms with Gasteiger partial charge in [0.2, 0.25) is 0 Å². The Morgan fingerprint density at radius 3 is 1.63 bits per heavy atom. The Morgan fingerprint density at radius 2 is 1.13 bits per heavy atom. The van der Waals surface area contributed by atoms with Crippen LogP contribution in [0.1, 0.15) is 139 Å². The molecule has 0 aromatic heterocycles. The summed E-state index contributed by atoms with van der Waals surface area (Å²) in [6.45, 7) is 14.6. The molecule has 2 unspecified atom stereocenters. The van der Waals surface area contributed by atoms with Gasteiger partial charge >= 0.3 is 19.5 Å². The Morgan fingerprint density at radius 1 is 0.654 bits per heavy atom. The van der Waals surface area contributed by atoms with Crippen molar-refractivity contribution in [3.05, 3.63) is 116 Å². The molecule has 1 aliphatic heterocycles. The third-order valence-corrected chi connectivity index (χ3v) is 19.6.